The molecule has 1 rings (SSSR count). The number of carbonyl (C=O) groups excluding carboxylic acids is 2. The highest BCUT2D eigenvalue weighted by Crippen LogP contribution is 2.14. The second-order valence-corrected chi connectivity index (χ2v) is 3.16. The Morgan fingerprint density at radius 3 is 2.54 bits per heavy atom. The molecule has 2 unspecified atom stereocenters. The summed E-state index contributed by atoms with van der Waals surface area (Å²) in [6.07, 6.45) is 1.27. The van der Waals surface area contributed by atoms with E-state index in [9.17, 15) is 9.59 Å². The summed E-state index contributed by atoms with van der Waals surface area (Å²) >= 11 is 0. The van der Waals surface area contributed by atoms with Gasteiger partial charge in [0.15, 0.2) is 0 Å². The van der Waals surface area contributed by atoms with Crippen LogP contribution in [0.4, 0.5) is 0 Å². The van der Waals surface area contributed by atoms with Crippen LogP contribution in [0.1, 0.15) is 12.8 Å². The first-order valence-corrected chi connectivity index (χ1v) is 4.25. The summed E-state index contributed by atoms with van der Waals surface area (Å²) in [4.78, 5) is 21.8. The fourth-order valence-corrected chi connectivity index (χ4v) is 1.44. The van der Waals surface area contributed by atoms with E-state index in [1.807, 2.05) is 0 Å². The molecule has 0 bridgehead atoms. The molecule has 1 fully saturated rings. The molecule has 1 aliphatic heterocycles. The van der Waals surface area contributed by atoms with Gasteiger partial charge in [0.25, 0.3) is 0 Å². The van der Waals surface area contributed by atoms with Gasteiger partial charge in [0.05, 0.1) is 13.0 Å². The first kappa shape index (κ1) is 9.98. The van der Waals surface area contributed by atoms with E-state index in [1.54, 1.807) is 0 Å². The standard InChI is InChI=1S/C8H14N2O3/c1-13-8(12)6-3-2-5(4-10-6)7(9)11/h5-6,10H,2-4H2,1H3,(H2,9,11). The molecule has 0 aromatic rings. The number of hydrogen-bond donors (Lipinski definition) is 2. The third-order valence-electron chi connectivity index (χ3n) is 2.30. The number of esters is 1. The van der Waals surface area contributed by atoms with E-state index < -0.39 is 0 Å². The number of hydrogen-bond acceptors (Lipinski definition) is 4. The van der Waals surface area contributed by atoms with Crippen LogP contribution < -0.4 is 11.1 Å². The van der Waals surface area contributed by atoms with E-state index in [4.69, 9.17) is 5.73 Å². The van der Waals surface area contributed by atoms with Crippen LogP contribution in [0, 0.1) is 5.92 Å². The molecule has 0 saturated carbocycles. The second-order valence-electron chi connectivity index (χ2n) is 3.16. The molecule has 3 N–H and O–H groups in total. The van der Waals surface area contributed by atoms with Crippen molar-refractivity contribution < 1.29 is 14.3 Å². The minimum atomic E-state index is -0.309. The van der Waals surface area contributed by atoms with E-state index in [-0.39, 0.29) is 23.8 Å². The zero-order chi connectivity index (χ0) is 9.84. The van der Waals surface area contributed by atoms with E-state index >= 15 is 0 Å². The molecule has 0 spiro atoms. The highest BCUT2D eigenvalue weighted by Gasteiger charge is 2.28. The molecule has 0 aliphatic carbocycles. The van der Waals surface area contributed by atoms with Gasteiger partial charge in [0.2, 0.25) is 5.91 Å². The first-order chi connectivity index (χ1) is 6.15. The number of amides is 1. The van der Waals surface area contributed by atoms with Crippen LogP contribution in [0.5, 0.6) is 0 Å². The van der Waals surface area contributed by atoms with Gasteiger partial charge in [-0.3, -0.25) is 9.59 Å². The molecule has 1 aliphatic rings. The van der Waals surface area contributed by atoms with Crippen LogP contribution >= 0.6 is 0 Å². The van der Waals surface area contributed by atoms with Gasteiger partial charge in [-0.05, 0) is 12.8 Å². The fraction of sp³-hybridized carbons (Fsp3) is 0.750. The van der Waals surface area contributed by atoms with Crippen LogP contribution in [0.3, 0.4) is 0 Å². The third-order valence-corrected chi connectivity index (χ3v) is 2.30. The van der Waals surface area contributed by atoms with Crippen LogP contribution in [0.2, 0.25) is 0 Å². The molecular formula is C8H14N2O3. The van der Waals surface area contributed by atoms with Gasteiger partial charge in [-0.25, -0.2) is 0 Å². The van der Waals surface area contributed by atoms with Gasteiger partial charge >= 0.3 is 5.97 Å². The Morgan fingerprint density at radius 1 is 1.46 bits per heavy atom. The smallest absolute Gasteiger partial charge is 0.322 e. The minimum absolute atomic E-state index is 0.152. The summed E-state index contributed by atoms with van der Waals surface area (Å²) in [7, 11) is 1.35. The van der Waals surface area contributed by atoms with Gasteiger partial charge in [0.1, 0.15) is 6.04 Å². The van der Waals surface area contributed by atoms with Crippen molar-refractivity contribution >= 4 is 11.9 Å². The fourth-order valence-electron chi connectivity index (χ4n) is 1.44. The van der Waals surface area contributed by atoms with Crippen molar-refractivity contribution in [2.75, 3.05) is 13.7 Å². The van der Waals surface area contributed by atoms with Crippen LogP contribution in [-0.4, -0.2) is 31.6 Å². The molecule has 1 heterocycles. The number of piperidine rings is 1. The average molecular weight is 186 g/mol. The molecule has 1 saturated heterocycles. The Hall–Kier alpha value is -1.10. The predicted octanol–water partition coefficient (Wildman–Crippen LogP) is -0.987. The van der Waals surface area contributed by atoms with Gasteiger partial charge in [0, 0.05) is 6.54 Å². The maximum absolute atomic E-state index is 11.0. The topological polar surface area (TPSA) is 81.4 Å². The van der Waals surface area contributed by atoms with Gasteiger partial charge < -0.3 is 15.8 Å². The molecule has 0 radical (unpaired) electrons. The summed E-state index contributed by atoms with van der Waals surface area (Å²) in [5.41, 5.74) is 5.13. The summed E-state index contributed by atoms with van der Waals surface area (Å²) < 4.78 is 4.57. The Morgan fingerprint density at radius 2 is 2.15 bits per heavy atom. The Bertz CT molecular complexity index is 209. The van der Waals surface area contributed by atoms with Crippen molar-refractivity contribution in [3.63, 3.8) is 0 Å². The maximum atomic E-state index is 11.0. The lowest BCUT2D eigenvalue weighted by Crippen LogP contribution is -2.47. The Kier molecular flexibility index (Phi) is 3.25. The molecule has 13 heavy (non-hydrogen) atoms. The number of primary amides is 1. The molecule has 74 valence electrons. The van der Waals surface area contributed by atoms with Crippen molar-refractivity contribution in [3.8, 4) is 0 Å². The quantitative estimate of drug-likeness (QED) is 0.543. The van der Waals surface area contributed by atoms with Crippen molar-refractivity contribution in [1.82, 2.24) is 5.32 Å². The summed E-state index contributed by atoms with van der Waals surface area (Å²) in [6, 6.07) is -0.277. The molecule has 5 nitrogen and oxygen atoms in total. The molecule has 1 amide bonds. The number of ether oxygens (including phenoxy) is 1. The lowest BCUT2D eigenvalue weighted by atomic mass is 9.94. The van der Waals surface area contributed by atoms with E-state index in [1.165, 1.54) is 7.11 Å². The highest BCUT2D eigenvalue weighted by atomic mass is 16.5. The molecular weight excluding hydrogens is 172 g/mol. The zero-order valence-corrected chi connectivity index (χ0v) is 7.58. The zero-order valence-electron chi connectivity index (χ0n) is 7.58. The third kappa shape index (κ3) is 2.42. The lowest BCUT2D eigenvalue weighted by Gasteiger charge is -2.26. The van der Waals surface area contributed by atoms with Crippen LogP contribution in [0.25, 0.3) is 0 Å². The Labute approximate surface area is 76.6 Å². The monoisotopic (exact) mass is 186 g/mol. The molecule has 5 heteroatoms. The average Bonchev–Trinajstić information content (AvgIpc) is 2.17. The normalized spacial score (nSPS) is 28.1. The van der Waals surface area contributed by atoms with E-state index in [0.29, 0.717) is 19.4 Å². The van der Waals surface area contributed by atoms with Crippen molar-refractivity contribution in [2.45, 2.75) is 18.9 Å². The Balaban J connectivity index is 2.39. The highest BCUT2D eigenvalue weighted by molar-refractivity contribution is 5.79. The summed E-state index contributed by atoms with van der Waals surface area (Å²) in [5, 5.41) is 2.93. The predicted molar refractivity (Wildman–Crippen MR) is 45.7 cm³/mol. The van der Waals surface area contributed by atoms with E-state index in [2.05, 4.69) is 10.1 Å². The number of rotatable bonds is 2. The minimum Gasteiger partial charge on any atom is -0.468 e. The number of nitrogens with one attached hydrogen (secondary N) is 1. The SMILES string of the molecule is COC(=O)C1CCC(C(N)=O)CN1. The van der Waals surface area contributed by atoms with Crippen molar-refractivity contribution in [2.24, 2.45) is 11.7 Å². The number of carbonyl (C=O) groups is 2. The van der Waals surface area contributed by atoms with Gasteiger partial charge in [-0.1, -0.05) is 0 Å². The van der Waals surface area contributed by atoms with Crippen LogP contribution in [-0.2, 0) is 14.3 Å². The lowest BCUT2D eigenvalue weighted by molar-refractivity contribution is -0.144. The molecule has 0 aromatic heterocycles. The van der Waals surface area contributed by atoms with Gasteiger partial charge in [-0.2, -0.15) is 0 Å². The number of nitrogens with two attached hydrogens (primary N) is 1. The van der Waals surface area contributed by atoms with Gasteiger partial charge in [-0.15, -0.1) is 0 Å². The van der Waals surface area contributed by atoms with Crippen LogP contribution in [0.15, 0.2) is 0 Å². The summed E-state index contributed by atoms with van der Waals surface area (Å²) in [5.74, 6) is -0.736. The number of methoxy groups -OCH3 is 1. The molecule has 2 atom stereocenters. The van der Waals surface area contributed by atoms with E-state index in [0.717, 1.165) is 0 Å². The van der Waals surface area contributed by atoms with Crippen molar-refractivity contribution in [3.05, 3.63) is 0 Å². The van der Waals surface area contributed by atoms with Crippen molar-refractivity contribution in [1.29, 1.82) is 0 Å². The second kappa shape index (κ2) is 4.23. The molecule has 0 aromatic carbocycles. The summed E-state index contributed by atoms with van der Waals surface area (Å²) in [6.45, 7) is 0.467. The largest absolute Gasteiger partial charge is 0.468 e. The first-order valence-electron chi connectivity index (χ1n) is 4.25. The maximum Gasteiger partial charge on any atom is 0.322 e.